The van der Waals surface area contributed by atoms with E-state index in [1.54, 1.807) is 31.0 Å². The van der Waals surface area contributed by atoms with E-state index in [1.807, 2.05) is 30.3 Å². The minimum Gasteiger partial charge on any atom is -0.494 e. The molecule has 1 unspecified atom stereocenters. The normalized spacial score (nSPS) is 12.6. The van der Waals surface area contributed by atoms with E-state index in [0.717, 1.165) is 5.56 Å². The molecule has 0 aliphatic carbocycles. The quantitative estimate of drug-likeness (QED) is 0.764. The molecule has 2 rings (SSSR count). The Balaban J connectivity index is 0.00000312. The minimum absolute atomic E-state index is 0. The first-order chi connectivity index (χ1) is 11.4. The van der Waals surface area contributed by atoms with Gasteiger partial charge in [0.25, 0.3) is 0 Å². The van der Waals surface area contributed by atoms with Crippen LogP contribution in [0.5, 0.6) is 5.75 Å². The number of carbonyl (C=O) groups excluding carboxylic acids is 1. The van der Waals surface area contributed by atoms with Crippen molar-refractivity contribution in [1.82, 2.24) is 4.90 Å². The zero-order valence-corrected chi connectivity index (χ0v) is 15.3. The van der Waals surface area contributed by atoms with Crippen molar-refractivity contribution in [2.24, 2.45) is 5.73 Å². The predicted octanol–water partition coefficient (Wildman–Crippen LogP) is 3.35. The Morgan fingerprint density at radius 1 is 1.16 bits per heavy atom. The maximum absolute atomic E-state index is 12.8. The van der Waals surface area contributed by atoms with Gasteiger partial charge in [-0.25, -0.2) is 4.39 Å². The number of nitrogens with two attached hydrogens (primary N) is 1. The van der Waals surface area contributed by atoms with Crippen LogP contribution in [0.25, 0.3) is 0 Å². The van der Waals surface area contributed by atoms with Gasteiger partial charge in [-0.3, -0.25) is 4.79 Å². The van der Waals surface area contributed by atoms with Crippen LogP contribution in [-0.4, -0.2) is 31.0 Å². The van der Waals surface area contributed by atoms with Crippen molar-refractivity contribution in [3.8, 4) is 5.75 Å². The number of halogens is 2. The van der Waals surface area contributed by atoms with E-state index >= 15 is 0 Å². The smallest absolute Gasteiger partial charge is 0.246 e. The molecule has 0 aromatic heterocycles. The number of ether oxygens (including phenoxy) is 1. The summed E-state index contributed by atoms with van der Waals surface area (Å²) in [5.41, 5.74) is 5.95. The monoisotopic (exact) mass is 366 g/mol. The van der Waals surface area contributed by atoms with Crippen LogP contribution in [0, 0.1) is 5.82 Å². The third-order valence-corrected chi connectivity index (χ3v) is 3.88. The van der Waals surface area contributed by atoms with Crippen LogP contribution in [0.3, 0.4) is 0 Å². The van der Waals surface area contributed by atoms with Gasteiger partial charge >= 0.3 is 0 Å². The fraction of sp³-hybridized carbons (Fsp3) is 0.316. The number of hydrogen-bond donors (Lipinski definition) is 1. The first kappa shape index (κ1) is 20.9. The second kappa shape index (κ2) is 9.39. The van der Waals surface area contributed by atoms with Gasteiger partial charge in [-0.1, -0.05) is 30.3 Å². The van der Waals surface area contributed by atoms with Crippen molar-refractivity contribution in [2.45, 2.75) is 18.9 Å². The number of amides is 1. The molecule has 0 aliphatic heterocycles. The van der Waals surface area contributed by atoms with Crippen molar-refractivity contribution >= 4 is 18.3 Å². The maximum Gasteiger partial charge on any atom is 0.246 e. The van der Waals surface area contributed by atoms with Gasteiger partial charge in [0, 0.05) is 13.6 Å². The molecule has 136 valence electrons. The summed E-state index contributed by atoms with van der Waals surface area (Å²) in [6, 6.07) is 15.2. The molecule has 25 heavy (non-hydrogen) atoms. The minimum atomic E-state index is -1.06. The zero-order chi connectivity index (χ0) is 17.6. The summed E-state index contributed by atoms with van der Waals surface area (Å²) in [6.45, 7) is 2.69. The van der Waals surface area contributed by atoms with Gasteiger partial charge in [-0.05, 0) is 43.2 Å². The van der Waals surface area contributed by atoms with E-state index in [2.05, 4.69) is 0 Å². The van der Waals surface area contributed by atoms with E-state index in [-0.39, 0.29) is 24.1 Å². The third-order valence-electron chi connectivity index (χ3n) is 3.88. The third kappa shape index (κ3) is 5.73. The Hall–Kier alpha value is -2.11. The molecule has 0 saturated carbocycles. The zero-order valence-electron chi connectivity index (χ0n) is 14.4. The summed E-state index contributed by atoms with van der Waals surface area (Å²) in [7, 11) is 1.73. The molecule has 1 amide bonds. The Morgan fingerprint density at radius 2 is 1.76 bits per heavy atom. The SMILES string of the molecule is CN(CCCOc1ccc(F)cc1)C(=O)C(C)(N)c1ccccc1.Cl. The molecule has 0 radical (unpaired) electrons. The number of benzene rings is 2. The van der Waals surface area contributed by atoms with E-state index in [1.165, 1.54) is 12.1 Å². The van der Waals surface area contributed by atoms with E-state index in [9.17, 15) is 9.18 Å². The molecule has 1 atom stereocenters. The second-order valence-corrected chi connectivity index (χ2v) is 5.95. The Bertz CT molecular complexity index is 663. The molecule has 0 heterocycles. The van der Waals surface area contributed by atoms with E-state index < -0.39 is 5.54 Å². The molecule has 2 aromatic rings. The van der Waals surface area contributed by atoms with Crippen molar-refractivity contribution < 1.29 is 13.9 Å². The number of rotatable bonds is 7. The number of hydrogen-bond acceptors (Lipinski definition) is 3. The fourth-order valence-corrected chi connectivity index (χ4v) is 2.43. The molecule has 0 spiro atoms. The molecule has 0 bridgehead atoms. The summed E-state index contributed by atoms with van der Waals surface area (Å²) in [5, 5.41) is 0. The first-order valence-corrected chi connectivity index (χ1v) is 7.89. The predicted molar refractivity (Wildman–Crippen MR) is 99.4 cm³/mol. The van der Waals surface area contributed by atoms with Gasteiger partial charge in [-0.15, -0.1) is 12.4 Å². The van der Waals surface area contributed by atoms with Crippen LogP contribution in [0.4, 0.5) is 4.39 Å². The van der Waals surface area contributed by atoms with Crippen LogP contribution >= 0.6 is 12.4 Å². The maximum atomic E-state index is 12.8. The molecular weight excluding hydrogens is 343 g/mol. The Morgan fingerprint density at radius 3 is 2.36 bits per heavy atom. The van der Waals surface area contributed by atoms with E-state index in [4.69, 9.17) is 10.5 Å². The van der Waals surface area contributed by atoms with Crippen molar-refractivity contribution in [2.75, 3.05) is 20.2 Å². The molecule has 4 nitrogen and oxygen atoms in total. The first-order valence-electron chi connectivity index (χ1n) is 7.89. The molecule has 6 heteroatoms. The highest BCUT2D eigenvalue weighted by atomic mass is 35.5. The molecule has 0 aliphatic rings. The van der Waals surface area contributed by atoms with Gasteiger partial charge in [0.05, 0.1) is 6.61 Å². The highest BCUT2D eigenvalue weighted by Gasteiger charge is 2.32. The highest BCUT2D eigenvalue weighted by Crippen LogP contribution is 2.20. The number of carbonyl (C=O) groups is 1. The Kier molecular flexibility index (Phi) is 7.87. The average molecular weight is 367 g/mol. The second-order valence-electron chi connectivity index (χ2n) is 5.95. The Labute approximate surface area is 154 Å². The van der Waals surface area contributed by atoms with Crippen LogP contribution < -0.4 is 10.5 Å². The van der Waals surface area contributed by atoms with Gasteiger partial charge in [-0.2, -0.15) is 0 Å². The summed E-state index contributed by atoms with van der Waals surface area (Å²) in [4.78, 5) is 14.2. The van der Waals surface area contributed by atoms with Crippen molar-refractivity contribution in [3.63, 3.8) is 0 Å². The number of nitrogens with zero attached hydrogens (tertiary/aromatic N) is 1. The van der Waals surface area contributed by atoms with Gasteiger partial charge in [0.2, 0.25) is 5.91 Å². The molecule has 2 N–H and O–H groups in total. The van der Waals surface area contributed by atoms with Crippen molar-refractivity contribution in [3.05, 3.63) is 66.0 Å². The summed E-state index contributed by atoms with van der Waals surface area (Å²) >= 11 is 0. The molecule has 0 saturated heterocycles. The summed E-state index contributed by atoms with van der Waals surface area (Å²) in [5.74, 6) is 0.171. The van der Waals surface area contributed by atoms with Gasteiger partial charge in [0.15, 0.2) is 0 Å². The van der Waals surface area contributed by atoms with E-state index in [0.29, 0.717) is 25.3 Å². The molecule has 0 fully saturated rings. The topological polar surface area (TPSA) is 55.6 Å². The summed E-state index contributed by atoms with van der Waals surface area (Å²) < 4.78 is 18.3. The molecule has 2 aromatic carbocycles. The lowest BCUT2D eigenvalue weighted by Gasteiger charge is -2.29. The van der Waals surface area contributed by atoms with Gasteiger partial charge < -0.3 is 15.4 Å². The van der Waals surface area contributed by atoms with Crippen LogP contribution in [0.2, 0.25) is 0 Å². The lowest BCUT2D eigenvalue weighted by atomic mass is 9.92. The highest BCUT2D eigenvalue weighted by molar-refractivity contribution is 5.86. The van der Waals surface area contributed by atoms with Crippen LogP contribution in [-0.2, 0) is 10.3 Å². The van der Waals surface area contributed by atoms with Crippen LogP contribution in [0.1, 0.15) is 18.9 Å². The van der Waals surface area contributed by atoms with Gasteiger partial charge in [0.1, 0.15) is 17.1 Å². The summed E-state index contributed by atoms with van der Waals surface area (Å²) in [6.07, 6.45) is 0.657. The van der Waals surface area contributed by atoms with Crippen LogP contribution in [0.15, 0.2) is 54.6 Å². The fourth-order valence-electron chi connectivity index (χ4n) is 2.43. The van der Waals surface area contributed by atoms with Crippen molar-refractivity contribution in [1.29, 1.82) is 0 Å². The number of likely N-dealkylation sites (N-methyl/N-ethyl adjacent to an activating group) is 1. The standard InChI is InChI=1S/C19H23FN2O2.ClH/c1-19(21,15-7-4-3-5-8-15)18(23)22(2)13-6-14-24-17-11-9-16(20)10-12-17;/h3-5,7-12H,6,13-14,21H2,1-2H3;1H. The molecular formula is C19H24ClFN2O2. The largest absolute Gasteiger partial charge is 0.494 e. The lowest BCUT2D eigenvalue weighted by molar-refractivity contribution is -0.135. The average Bonchev–Trinajstić information content (AvgIpc) is 2.60. The lowest BCUT2D eigenvalue weighted by Crippen LogP contribution is -2.50.